The van der Waals surface area contributed by atoms with E-state index in [2.05, 4.69) is 4.74 Å². The van der Waals surface area contributed by atoms with Gasteiger partial charge in [-0.25, -0.2) is 13.2 Å². The van der Waals surface area contributed by atoms with E-state index in [1.165, 1.54) is 28.7 Å². The zero-order valence-corrected chi connectivity index (χ0v) is 14.5. The van der Waals surface area contributed by atoms with Crippen LogP contribution >= 0.6 is 22.6 Å². The molecule has 0 aliphatic rings. The fourth-order valence-electron chi connectivity index (χ4n) is 1.61. The van der Waals surface area contributed by atoms with Crippen molar-refractivity contribution in [3.63, 3.8) is 0 Å². The van der Waals surface area contributed by atoms with Gasteiger partial charge in [-0.05, 0) is 34.7 Å². The number of phenolic OH excluding ortho intramolecular Hbond substituents is 1. The molecule has 14 heteroatoms. The Morgan fingerprint density at radius 2 is 1.64 bits per heavy atom. The molecule has 0 bridgehead atoms. The number of para-hydroxylation sites is 1. The Labute approximate surface area is 149 Å². The molecular weight excluding hydrogens is 501 g/mol. The summed E-state index contributed by atoms with van der Waals surface area (Å²) in [6.45, 7) is 0. The number of phenols is 1. The van der Waals surface area contributed by atoms with Gasteiger partial charge in [0.2, 0.25) is 0 Å². The minimum atomic E-state index is -6.48. The zero-order valence-electron chi connectivity index (χ0n) is 11.5. The fraction of sp³-hybridized carbons (Fsp3) is 0.364. The van der Waals surface area contributed by atoms with E-state index in [4.69, 9.17) is 0 Å². The largest absolute Gasteiger partial charge is 0.748 e. The minimum Gasteiger partial charge on any atom is -0.748 e. The van der Waals surface area contributed by atoms with E-state index in [0.717, 1.165) is 6.07 Å². The second-order valence-electron chi connectivity index (χ2n) is 4.55. The quantitative estimate of drug-likeness (QED) is 0.291. The number of ether oxygens (including phenoxy) is 1. The van der Waals surface area contributed by atoms with Crippen LogP contribution in [0.2, 0.25) is 0 Å². The third kappa shape index (κ3) is 4.66. The van der Waals surface area contributed by atoms with Crippen LogP contribution < -0.4 is 0 Å². The first-order valence-electron chi connectivity index (χ1n) is 5.80. The number of aromatic hydroxyl groups is 1. The van der Waals surface area contributed by atoms with Crippen LogP contribution in [0.3, 0.4) is 0 Å². The summed E-state index contributed by atoms with van der Waals surface area (Å²) < 4.78 is 113. The smallest absolute Gasteiger partial charge is 0.438 e. The predicted molar refractivity (Wildman–Crippen MR) is 75.6 cm³/mol. The summed E-state index contributed by atoms with van der Waals surface area (Å²) >= 11 is 1.43. The maximum atomic E-state index is 13.0. The summed E-state index contributed by atoms with van der Waals surface area (Å²) in [7, 11) is -6.13. The number of rotatable bonds is 4. The Morgan fingerprint density at radius 1 is 1.16 bits per heavy atom. The first-order chi connectivity index (χ1) is 11.0. The molecule has 1 aromatic rings. The molecule has 0 radical (unpaired) electrons. The lowest BCUT2D eigenvalue weighted by atomic mass is 10.1. The minimum absolute atomic E-state index is 0.104. The lowest BCUT2D eigenvalue weighted by Crippen LogP contribution is -2.63. The van der Waals surface area contributed by atoms with Crippen LogP contribution in [0.5, 0.6) is 5.75 Å². The second kappa shape index (κ2) is 6.79. The average Bonchev–Trinajstić information content (AvgIpc) is 2.36. The standard InChI is InChI=1S/C11H7F6IO6S/c12-10(13,14)9(11(15,16)17,4-25(21,22)23)24-8(20)5-2-1-3-6(18)7(5)19/h1-3,19H,4H2,(H,21,22,23)/p-1. The second-order valence-corrected chi connectivity index (χ2v) is 7.12. The third-order valence-corrected chi connectivity index (χ3v) is 4.40. The van der Waals surface area contributed by atoms with Crippen LogP contribution in [-0.2, 0) is 14.9 Å². The molecule has 1 rings (SSSR count). The third-order valence-electron chi connectivity index (χ3n) is 2.77. The molecule has 1 N–H and O–H groups in total. The van der Waals surface area contributed by atoms with E-state index < -0.39 is 51.1 Å². The Kier molecular flexibility index (Phi) is 5.91. The highest BCUT2D eigenvalue weighted by Crippen LogP contribution is 2.47. The summed E-state index contributed by atoms with van der Waals surface area (Å²) in [4.78, 5) is 11.7. The molecule has 0 unspecified atom stereocenters. The lowest BCUT2D eigenvalue weighted by molar-refractivity contribution is -0.356. The molecule has 0 amide bonds. The Morgan fingerprint density at radius 3 is 2.04 bits per heavy atom. The van der Waals surface area contributed by atoms with Crippen molar-refractivity contribution in [3.8, 4) is 5.75 Å². The number of hydrogen-bond acceptors (Lipinski definition) is 6. The average molecular weight is 507 g/mol. The van der Waals surface area contributed by atoms with Crippen LogP contribution in [-0.4, -0.2) is 47.8 Å². The van der Waals surface area contributed by atoms with E-state index in [1.54, 1.807) is 0 Å². The number of hydrogen-bond donors (Lipinski definition) is 1. The van der Waals surface area contributed by atoms with Gasteiger partial charge >= 0.3 is 23.9 Å². The number of halogens is 7. The molecule has 0 heterocycles. The van der Waals surface area contributed by atoms with Gasteiger partial charge in [-0.15, -0.1) is 0 Å². The molecule has 0 aromatic heterocycles. The predicted octanol–water partition coefficient (Wildman–Crippen LogP) is 2.56. The lowest BCUT2D eigenvalue weighted by Gasteiger charge is -2.36. The van der Waals surface area contributed by atoms with Gasteiger partial charge in [0.1, 0.15) is 11.3 Å². The maximum absolute atomic E-state index is 13.0. The molecule has 0 atom stereocenters. The number of carbonyl (C=O) groups is 1. The van der Waals surface area contributed by atoms with Gasteiger partial charge in [0.25, 0.3) is 0 Å². The molecule has 25 heavy (non-hydrogen) atoms. The van der Waals surface area contributed by atoms with Crippen molar-refractivity contribution in [1.82, 2.24) is 0 Å². The van der Waals surface area contributed by atoms with E-state index in [0.29, 0.717) is 6.07 Å². The van der Waals surface area contributed by atoms with Crippen LogP contribution in [0, 0.1) is 3.57 Å². The first kappa shape index (κ1) is 21.8. The molecule has 0 aliphatic carbocycles. The highest BCUT2D eigenvalue weighted by atomic mass is 127. The van der Waals surface area contributed by atoms with Crippen molar-refractivity contribution < 1.29 is 54.0 Å². The fourth-order valence-corrected chi connectivity index (χ4v) is 2.99. The Bertz CT molecular complexity index is 758. The topological polar surface area (TPSA) is 104 Å². The number of alkyl halides is 6. The molecule has 0 spiro atoms. The van der Waals surface area contributed by atoms with Gasteiger partial charge in [0, 0.05) is 0 Å². The summed E-state index contributed by atoms with van der Waals surface area (Å²) in [5, 5.41) is 9.55. The highest BCUT2D eigenvalue weighted by molar-refractivity contribution is 14.1. The van der Waals surface area contributed by atoms with Crippen molar-refractivity contribution in [3.05, 3.63) is 27.3 Å². The van der Waals surface area contributed by atoms with Gasteiger partial charge in [0.15, 0.2) is 0 Å². The van der Waals surface area contributed by atoms with Crippen molar-refractivity contribution in [2.75, 3.05) is 5.75 Å². The molecule has 0 saturated carbocycles. The SMILES string of the molecule is O=C(OC(CS(=O)(=O)[O-])(C(F)(F)F)C(F)(F)F)c1cccc(I)c1O. The van der Waals surface area contributed by atoms with Crippen molar-refractivity contribution in [1.29, 1.82) is 0 Å². The van der Waals surface area contributed by atoms with E-state index >= 15 is 0 Å². The van der Waals surface area contributed by atoms with Crippen molar-refractivity contribution >= 4 is 38.7 Å². The maximum Gasteiger partial charge on any atom is 0.438 e. The van der Waals surface area contributed by atoms with Gasteiger partial charge in [-0.1, -0.05) is 6.07 Å². The summed E-state index contributed by atoms with van der Waals surface area (Å²) in [5.41, 5.74) is -6.67. The highest BCUT2D eigenvalue weighted by Gasteiger charge is 2.75. The van der Waals surface area contributed by atoms with Gasteiger partial charge in [0.05, 0.1) is 19.4 Å². The number of benzene rings is 1. The first-order valence-corrected chi connectivity index (χ1v) is 8.45. The summed E-state index contributed by atoms with van der Waals surface area (Å²) in [5.74, 6) is -6.39. The Hall–Kier alpha value is -1.29. The molecule has 1 aromatic carbocycles. The van der Waals surface area contributed by atoms with Crippen LogP contribution in [0.25, 0.3) is 0 Å². The van der Waals surface area contributed by atoms with Crippen molar-refractivity contribution in [2.45, 2.75) is 18.0 Å². The number of esters is 1. The molecule has 6 nitrogen and oxygen atoms in total. The molecular formula is C11H6F6IO6S-. The summed E-state index contributed by atoms with van der Waals surface area (Å²) in [6.07, 6.45) is -13.0. The van der Waals surface area contributed by atoms with Crippen LogP contribution in [0.1, 0.15) is 10.4 Å². The zero-order chi connectivity index (χ0) is 19.8. The molecule has 142 valence electrons. The van der Waals surface area contributed by atoms with Gasteiger partial charge in [-0.2, -0.15) is 26.3 Å². The normalized spacial score (nSPS) is 13.6. The monoisotopic (exact) mass is 507 g/mol. The van der Waals surface area contributed by atoms with Gasteiger partial charge in [-0.3, -0.25) is 0 Å². The van der Waals surface area contributed by atoms with E-state index in [1.807, 2.05) is 0 Å². The molecule has 0 saturated heterocycles. The van der Waals surface area contributed by atoms with E-state index in [9.17, 15) is 49.2 Å². The van der Waals surface area contributed by atoms with Crippen LogP contribution in [0.4, 0.5) is 26.3 Å². The molecule has 0 fully saturated rings. The van der Waals surface area contributed by atoms with Crippen molar-refractivity contribution in [2.24, 2.45) is 0 Å². The molecule has 0 aliphatic heterocycles. The van der Waals surface area contributed by atoms with Gasteiger partial charge < -0.3 is 14.4 Å². The number of carbonyl (C=O) groups excluding carboxylic acids is 1. The van der Waals surface area contributed by atoms with E-state index in [-0.39, 0.29) is 3.57 Å². The Balaban J connectivity index is 3.53. The van der Waals surface area contributed by atoms with Crippen LogP contribution in [0.15, 0.2) is 18.2 Å². The summed E-state index contributed by atoms with van der Waals surface area (Å²) in [6, 6.07) is 2.85.